The van der Waals surface area contributed by atoms with Crippen molar-refractivity contribution < 1.29 is 27.0 Å². The minimum Gasteiger partial charge on any atom is -0.481 e. The van der Waals surface area contributed by atoms with E-state index in [1.807, 2.05) is 0 Å². The van der Waals surface area contributed by atoms with Crippen LogP contribution < -0.4 is 0 Å². The van der Waals surface area contributed by atoms with Gasteiger partial charge in [-0.3, -0.25) is 4.79 Å². The molecule has 0 bridgehead atoms. The zero-order valence-electron chi connectivity index (χ0n) is 7.89. The van der Waals surface area contributed by atoms with E-state index >= 15 is 0 Å². The Labute approximate surface area is 90.6 Å². The fourth-order valence-corrected chi connectivity index (χ4v) is 2.02. The molecule has 0 amide bonds. The molecule has 0 unspecified atom stereocenters. The average Bonchev–Trinajstić information content (AvgIpc) is 2.05. The summed E-state index contributed by atoms with van der Waals surface area (Å²) in [6.45, 7) is 0. The van der Waals surface area contributed by atoms with E-state index in [0.717, 1.165) is 18.8 Å². The maximum absolute atomic E-state index is 10.2. The zero-order chi connectivity index (χ0) is 8.81. The molecule has 13 heavy (non-hydrogen) atoms. The molecule has 1 aliphatic rings. The van der Waals surface area contributed by atoms with Gasteiger partial charge in [-0.25, -0.2) is 0 Å². The molecule has 79 valence electrons. The summed E-state index contributed by atoms with van der Waals surface area (Å²) in [7, 11) is 0. The zero-order valence-corrected chi connectivity index (χ0v) is 8.83. The van der Waals surface area contributed by atoms with Crippen LogP contribution in [0.15, 0.2) is 0 Å². The van der Waals surface area contributed by atoms with Crippen LogP contribution in [0.5, 0.6) is 0 Å². The van der Waals surface area contributed by atoms with Gasteiger partial charge in [0.15, 0.2) is 0 Å². The van der Waals surface area contributed by atoms with Crippen LogP contribution in [0.25, 0.3) is 0 Å². The van der Waals surface area contributed by atoms with Crippen molar-refractivity contribution in [2.45, 2.75) is 51.4 Å². The Kier molecular flexibility index (Phi) is 7.39. The fourth-order valence-electron chi connectivity index (χ4n) is 2.02. The molecule has 3 heteroatoms. The van der Waals surface area contributed by atoms with Crippen molar-refractivity contribution in [1.29, 1.82) is 0 Å². The van der Waals surface area contributed by atoms with E-state index in [-0.39, 0.29) is 17.1 Å². The molecule has 0 saturated heterocycles. The number of hydrogen-bond donors (Lipinski definition) is 1. The van der Waals surface area contributed by atoms with Crippen LogP contribution in [0.2, 0.25) is 0 Å². The minimum absolute atomic E-state index is 0. The van der Waals surface area contributed by atoms with Gasteiger partial charge in [-0.05, 0) is 18.8 Å². The van der Waals surface area contributed by atoms with Gasteiger partial charge in [0.2, 0.25) is 0 Å². The second kappa shape index (κ2) is 7.40. The van der Waals surface area contributed by atoms with Gasteiger partial charge in [-0.15, -0.1) is 0 Å². The molecule has 2 nitrogen and oxygen atoms in total. The fraction of sp³-hybridized carbons (Fsp3) is 0.900. The molecule has 0 aromatic carbocycles. The summed E-state index contributed by atoms with van der Waals surface area (Å²) in [5.74, 6) is 0.184. The first-order chi connectivity index (χ1) is 5.79. The Morgan fingerprint density at radius 1 is 1.23 bits per heavy atom. The molecule has 1 saturated carbocycles. The molecule has 0 atom stereocenters. The largest absolute Gasteiger partial charge is 2.00 e. The second-order valence-electron chi connectivity index (χ2n) is 3.79. The second-order valence-corrected chi connectivity index (χ2v) is 3.79. The molecule has 0 aromatic rings. The van der Waals surface area contributed by atoms with Gasteiger partial charge in [-0.1, -0.05) is 32.1 Å². The van der Waals surface area contributed by atoms with Crippen molar-refractivity contribution in [2.75, 3.05) is 0 Å². The van der Waals surface area contributed by atoms with Crippen LogP contribution in [0.3, 0.4) is 0 Å². The van der Waals surface area contributed by atoms with Crippen LogP contribution in [0.4, 0.5) is 0 Å². The number of carbonyl (C=O) groups is 1. The molecule has 1 radical (unpaired) electrons. The van der Waals surface area contributed by atoms with Crippen LogP contribution in [0, 0.1) is 5.92 Å². The smallest absolute Gasteiger partial charge is 0.481 e. The normalized spacial score (nSPS) is 17.8. The third-order valence-electron chi connectivity index (χ3n) is 2.73. The van der Waals surface area contributed by atoms with Gasteiger partial charge >= 0.3 is 23.0 Å². The number of carboxylic acids is 1. The predicted octanol–water partition coefficient (Wildman–Crippen LogP) is 2.82. The first-order valence-electron chi connectivity index (χ1n) is 5.01. The van der Waals surface area contributed by atoms with Crippen LogP contribution in [-0.4, -0.2) is 11.1 Å². The third kappa shape index (κ3) is 6.11. The maximum Gasteiger partial charge on any atom is 2.00 e. The summed E-state index contributed by atoms with van der Waals surface area (Å²) in [6, 6.07) is 0. The number of hydrogen-bond acceptors (Lipinski definition) is 1. The van der Waals surface area contributed by atoms with Gasteiger partial charge in [0.25, 0.3) is 0 Å². The van der Waals surface area contributed by atoms with Crippen molar-refractivity contribution in [3.8, 4) is 0 Å². The number of carboxylic acid groups (broad SMARTS) is 1. The summed E-state index contributed by atoms with van der Waals surface area (Å²) in [4.78, 5) is 10.2. The van der Waals surface area contributed by atoms with Crippen molar-refractivity contribution in [1.82, 2.24) is 0 Å². The van der Waals surface area contributed by atoms with E-state index in [4.69, 9.17) is 5.11 Å². The Hall–Kier alpha value is -0.0105. The molecule has 0 heterocycles. The van der Waals surface area contributed by atoms with E-state index in [2.05, 4.69) is 0 Å². The van der Waals surface area contributed by atoms with E-state index in [9.17, 15) is 4.79 Å². The molecule has 1 rings (SSSR count). The van der Waals surface area contributed by atoms with E-state index in [1.54, 1.807) is 0 Å². The summed E-state index contributed by atoms with van der Waals surface area (Å²) in [5.41, 5.74) is 0. The van der Waals surface area contributed by atoms with Crippen LogP contribution in [-0.2, 0) is 21.9 Å². The van der Waals surface area contributed by atoms with E-state index in [1.165, 1.54) is 32.1 Å². The van der Waals surface area contributed by atoms with Crippen LogP contribution >= 0.6 is 0 Å². The molecule has 1 N–H and O–H groups in total. The van der Waals surface area contributed by atoms with Crippen molar-refractivity contribution >= 4 is 5.97 Å². The topological polar surface area (TPSA) is 37.3 Å². The minimum atomic E-state index is -0.647. The molecule has 0 spiro atoms. The Balaban J connectivity index is 0.00000144. The Morgan fingerprint density at radius 2 is 1.85 bits per heavy atom. The van der Waals surface area contributed by atoms with Crippen LogP contribution in [0.1, 0.15) is 51.4 Å². The summed E-state index contributed by atoms with van der Waals surface area (Å²) in [5, 5.41) is 8.44. The van der Waals surface area contributed by atoms with Gasteiger partial charge in [-0.2, -0.15) is 0 Å². The molecular formula is C10H18CuO2+2. The van der Waals surface area contributed by atoms with Gasteiger partial charge < -0.3 is 5.11 Å². The Morgan fingerprint density at radius 3 is 2.38 bits per heavy atom. The Bertz CT molecular complexity index is 142. The standard InChI is InChI=1S/C10H18O2.Cu/c11-10(12)8-4-7-9-5-2-1-3-6-9;/h9H,1-8H2,(H,11,12);/q;+2. The van der Waals surface area contributed by atoms with Crippen molar-refractivity contribution in [2.24, 2.45) is 5.92 Å². The van der Waals surface area contributed by atoms with E-state index in [0.29, 0.717) is 6.42 Å². The summed E-state index contributed by atoms with van der Waals surface area (Å²) >= 11 is 0. The third-order valence-corrected chi connectivity index (χ3v) is 2.73. The average molecular weight is 234 g/mol. The summed E-state index contributed by atoms with van der Waals surface area (Å²) in [6.07, 6.45) is 9.13. The van der Waals surface area contributed by atoms with E-state index < -0.39 is 5.97 Å². The molecule has 0 aromatic heterocycles. The predicted molar refractivity (Wildman–Crippen MR) is 48.1 cm³/mol. The SMILES string of the molecule is O=C(O)CCCC1CCCCC1.[Cu+2]. The van der Waals surface area contributed by atoms with Gasteiger partial charge in [0, 0.05) is 6.42 Å². The number of aliphatic carboxylic acids is 1. The molecule has 1 fully saturated rings. The molecule has 0 aliphatic heterocycles. The van der Waals surface area contributed by atoms with Gasteiger partial charge in [0.1, 0.15) is 0 Å². The maximum atomic E-state index is 10.2. The van der Waals surface area contributed by atoms with Crippen molar-refractivity contribution in [3.63, 3.8) is 0 Å². The monoisotopic (exact) mass is 233 g/mol. The van der Waals surface area contributed by atoms with Crippen molar-refractivity contribution in [3.05, 3.63) is 0 Å². The first kappa shape index (κ1) is 13.0. The van der Waals surface area contributed by atoms with Gasteiger partial charge in [0.05, 0.1) is 0 Å². The molecular weight excluding hydrogens is 216 g/mol. The number of rotatable bonds is 4. The quantitative estimate of drug-likeness (QED) is 0.759. The summed E-state index contributed by atoms with van der Waals surface area (Å²) < 4.78 is 0. The molecule has 1 aliphatic carbocycles. The first-order valence-corrected chi connectivity index (χ1v) is 5.01.